The number of aromatic hydroxyl groups is 1. The monoisotopic (exact) mass is 500 g/mol. The molecule has 2 bridgehead atoms. The fraction of sp³-hybridized carbons (Fsp3) is 0.708. The fourth-order valence-electron chi connectivity index (χ4n) is 7.29. The summed E-state index contributed by atoms with van der Waals surface area (Å²) in [6, 6.07) is 2.29. The zero-order valence-electron chi connectivity index (χ0n) is 18.9. The lowest BCUT2D eigenvalue weighted by Crippen LogP contribution is -2.68. The van der Waals surface area contributed by atoms with Gasteiger partial charge in [0.25, 0.3) is 0 Å². The summed E-state index contributed by atoms with van der Waals surface area (Å²) in [4.78, 5) is 13.8. The van der Waals surface area contributed by atoms with E-state index in [9.17, 15) is 9.90 Å². The van der Waals surface area contributed by atoms with Gasteiger partial charge in [-0.2, -0.15) is 0 Å². The highest BCUT2D eigenvalue weighted by Crippen LogP contribution is 2.65. The zero-order valence-corrected chi connectivity index (χ0v) is 20.6. The third-order valence-corrected chi connectivity index (χ3v) is 8.67. The van der Waals surface area contributed by atoms with Crippen LogP contribution in [0.5, 0.6) is 17.2 Å². The fourth-order valence-corrected chi connectivity index (χ4v) is 7.29. The number of benzene rings is 1. The van der Waals surface area contributed by atoms with Crippen LogP contribution in [0.2, 0.25) is 0 Å². The Labute approximate surface area is 207 Å². The molecule has 6 rings (SSSR count). The van der Waals surface area contributed by atoms with E-state index in [0.29, 0.717) is 24.3 Å². The van der Waals surface area contributed by atoms with Crippen molar-refractivity contribution in [3.05, 3.63) is 17.2 Å². The molecule has 3 aliphatic carbocycles. The molecule has 5 aliphatic rings. The highest BCUT2D eigenvalue weighted by atomic mass is 35.5. The number of hydrogen-bond acceptors (Lipinski definition) is 6. The van der Waals surface area contributed by atoms with Crippen LogP contribution in [0, 0.1) is 11.8 Å². The summed E-state index contributed by atoms with van der Waals surface area (Å²) in [7, 11) is 1.68. The maximum Gasteiger partial charge on any atom is 0.304 e. The van der Waals surface area contributed by atoms with Gasteiger partial charge in [0.2, 0.25) is 0 Å². The Kier molecular flexibility index (Phi) is 6.73. The van der Waals surface area contributed by atoms with E-state index in [1.165, 1.54) is 30.5 Å². The van der Waals surface area contributed by atoms with E-state index in [1.54, 1.807) is 13.2 Å². The van der Waals surface area contributed by atoms with Crippen LogP contribution in [0.15, 0.2) is 6.07 Å². The molecule has 7 nitrogen and oxygen atoms in total. The molecule has 0 aromatic heterocycles. The quantitative estimate of drug-likeness (QED) is 0.529. The molecule has 2 saturated carbocycles. The minimum Gasteiger partial charge on any atom is -0.504 e. The lowest BCUT2D eigenvalue weighted by molar-refractivity contribution is -0.137. The first-order valence-corrected chi connectivity index (χ1v) is 11.8. The van der Waals surface area contributed by atoms with Gasteiger partial charge in [-0.25, -0.2) is 0 Å². The summed E-state index contributed by atoms with van der Waals surface area (Å²) in [5.41, 5.74) is 2.27. The first-order chi connectivity index (χ1) is 15.0. The smallest absolute Gasteiger partial charge is 0.304 e. The van der Waals surface area contributed by atoms with Gasteiger partial charge in [-0.05, 0) is 56.9 Å². The Bertz CT molecular complexity index is 927. The van der Waals surface area contributed by atoms with Crippen molar-refractivity contribution in [2.75, 3.05) is 26.7 Å². The van der Waals surface area contributed by atoms with Gasteiger partial charge in [0, 0.05) is 47.8 Å². The molecular weight excluding hydrogens is 467 g/mol. The molecule has 33 heavy (non-hydrogen) atoms. The van der Waals surface area contributed by atoms with Crippen LogP contribution in [0.4, 0.5) is 0 Å². The second-order valence-electron chi connectivity index (χ2n) is 10.2. The van der Waals surface area contributed by atoms with E-state index in [0.717, 1.165) is 43.9 Å². The normalized spacial score (nSPS) is 33.2. The highest BCUT2D eigenvalue weighted by molar-refractivity contribution is 5.85. The van der Waals surface area contributed by atoms with E-state index < -0.39 is 5.97 Å². The Balaban J connectivity index is 0.00000130. The standard InChI is InChI=1S/C24H32N2O5.2ClH/c1-30-19-11-18(27)22-21-14(19)10-17-15-4-5-16(25-8-6-20(28)29)23(31-22)24(15,21)7-9-26(17)12-13-2-3-13;;/h11,13,15-17,23,25,27H,2-10,12H2,1H3,(H,28,29);2*1H/t15-,16+,17+,23-,24-;;/m0../s1. The Morgan fingerprint density at radius 2 is 2.09 bits per heavy atom. The van der Waals surface area contributed by atoms with Crippen LogP contribution in [0.3, 0.4) is 0 Å². The van der Waals surface area contributed by atoms with Gasteiger partial charge in [-0.15, -0.1) is 24.8 Å². The first-order valence-electron chi connectivity index (χ1n) is 11.8. The average Bonchev–Trinajstić information content (AvgIpc) is 3.49. The third-order valence-electron chi connectivity index (χ3n) is 8.67. The van der Waals surface area contributed by atoms with Crippen molar-refractivity contribution >= 4 is 30.8 Å². The molecule has 9 heteroatoms. The highest BCUT2D eigenvalue weighted by Gasteiger charge is 2.66. The second kappa shape index (κ2) is 8.99. The van der Waals surface area contributed by atoms with Crippen molar-refractivity contribution in [3.8, 4) is 17.2 Å². The molecule has 0 radical (unpaired) electrons. The molecule has 1 aromatic rings. The number of halogens is 2. The number of carboxylic acid groups (broad SMARTS) is 1. The number of likely N-dealkylation sites (tertiary alicyclic amines) is 1. The molecule has 2 heterocycles. The molecule has 0 unspecified atom stereocenters. The molecule has 3 N–H and O–H groups in total. The topological polar surface area (TPSA) is 91.3 Å². The van der Waals surface area contributed by atoms with E-state index in [-0.39, 0.29) is 54.5 Å². The van der Waals surface area contributed by atoms with Crippen LogP contribution in [-0.2, 0) is 16.6 Å². The summed E-state index contributed by atoms with van der Waals surface area (Å²) in [5, 5.41) is 23.4. The molecule has 5 atom stereocenters. The van der Waals surface area contributed by atoms with Crippen LogP contribution in [-0.4, -0.2) is 66.0 Å². The average molecular weight is 501 g/mol. The number of ether oxygens (including phenoxy) is 2. The van der Waals surface area contributed by atoms with Crippen LogP contribution in [0.1, 0.15) is 49.7 Å². The summed E-state index contributed by atoms with van der Waals surface area (Å²) < 4.78 is 12.3. The van der Waals surface area contributed by atoms with Gasteiger partial charge in [-0.3, -0.25) is 9.69 Å². The van der Waals surface area contributed by atoms with Gasteiger partial charge in [-0.1, -0.05) is 0 Å². The molecule has 1 aromatic carbocycles. The SMILES string of the molecule is COc1cc(O)c2c3c1C[C@@H]1[C@@H]4CC[C@@H](NCCC(=O)O)[C@H](O2)[C@]34CCN1CC1CC1.Cl.Cl. The zero-order chi connectivity index (χ0) is 21.3. The van der Waals surface area contributed by atoms with E-state index in [1.807, 2.05) is 0 Å². The number of nitrogens with zero attached hydrogens (tertiary/aromatic N) is 1. The predicted octanol–water partition coefficient (Wildman–Crippen LogP) is 3.13. The van der Waals surface area contributed by atoms with E-state index in [4.69, 9.17) is 14.6 Å². The lowest BCUT2D eigenvalue weighted by Gasteiger charge is -2.59. The largest absolute Gasteiger partial charge is 0.504 e. The molecule has 3 fully saturated rings. The van der Waals surface area contributed by atoms with Crippen LogP contribution >= 0.6 is 24.8 Å². The van der Waals surface area contributed by atoms with Gasteiger partial charge >= 0.3 is 5.97 Å². The van der Waals surface area contributed by atoms with Crippen LogP contribution in [0.25, 0.3) is 0 Å². The number of carbonyl (C=O) groups is 1. The van der Waals surface area contributed by atoms with Gasteiger partial charge < -0.3 is 25.0 Å². The number of carboxylic acids is 1. The molecule has 0 amide bonds. The summed E-state index contributed by atoms with van der Waals surface area (Å²) in [5.74, 6) is 2.16. The van der Waals surface area contributed by atoms with Crippen molar-refractivity contribution in [1.82, 2.24) is 10.2 Å². The maximum atomic E-state index is 11.0. The Hall–Kier alpha value is -1.41. The summed E-state index contributed by atoms with van der Waals surface area (Å²) in [6.07, 6.45) is 6.81. The number of phenols is 1. The van der Waals surface area contributed by atoms with Crippen molar-refractivity contribution in [3.63, 3.8) is 0 Å². The molecule has 184 valence electrons. The van der Waals surface area contributed by atoms with Gasteiger partial charge in [0.05, 0.1) is 13.5 Å². The summed E-state index contributed by atoms with van der Waals surface area (Å²) in [6.45, 7) is 2.71. The van der Waals surface area contributed by atoms with Crippen molar-refractivity contribution < 1.29 is 24.5 Å². The van der Waals surface area contributed by atoms with Crippen molar-refractivity contribution in [2.45, 2.75) is 68.5 Å². The van der Waals surface area contributed by atoms with E-state index in [2.05, 4.69) is 10.2 Å². The first kappa shape index (κ1) is 24.7. The Morgan fingerprint density at radius 3 is 2.79 bits per heavy atom. The minimum atomic E-state index is -0.786. The predicted molar refractivity (Wildman–Crippen MR) is 128 cm³/mol. The second-order valence-corrected chi connectivity index (χ2v) is 10.2. The molecule has 2 aliphatic heterocycles. The lowest BCUT2D eigenvalue weighted by atomic mass is 9.51. The third kappa shape index (κ3) is 3.67. The van der Waals surface area contributed by atoms with Crippen molar-refractivity contribution in [1.29, 1.82) is 0 Å². The summed E-state index contributed by atoms with van der Waals surface area (Å²) >= 11 is 0. The number of nitrogens with one attached hydrogen (secondary N) is 1. The van der Waals surface area contributed by atoms with E-state index >= 15 is 0 Å². The molecule has 1 spiro atoms. The molecular formula is C24H34Cl2N2O5. The number of hydrogen-bond donors (Lipinski definition) is 3. The number of piperidine rings is 1. The van der Waals surface area contributed by atoms with Crippen molar-refractivity contribution in [2.24, 2.45) is 11.8 Å². The van der Waals surface area contributed by atoms with Crippen LogP contribution < -0.4 is 14.8 Å². The number of rotatable bonds is 7. The number of methoxy groups -OCH3 is 1. The number of aliphatic carboxylic acids is 1. The maximum absolute atomic E-state index is 11.0. The molecule has 1 saturated heterocycles. The van der Waals surface area contributed by atoms with Gasteiger partial charge in [0.15, 0.2) is 11.5 Å². The van der Waals surface area contributed by atoms with Gasteiger partial charge in [0.1, 0.15) is 11.9 Å². The minimum absolute atomic E-state index is 0. The number of phenolic OH excluding ortho intramolecular Hbond substituents is 1. The Morgan fingerprint density at radius 1 is 1.30 bits per heavy atom.